The molecule has 0 heterocycles. The molecule has 382 valence electrons. The lowest BCUT2D eigenvalue weighted by molar-refractivity contribution is -0.192. The van der Waals surface area contributed by atoms with E-state index in [2.05, 4.69) is 54.3 Å². The van der Waals surface area contributed by atoms with Crippen molar-refractivity contribution in [1.29, 1.82) is 0 Å². The average molecular weight is 935 g/mol. The minimum absolute atomic E-state index is 0.167. The number of halogens is 3. The molecule has 0 aliphatic heterocycles. The Morgan fingerprint density at radius 2 is 0.708 bits per heavy atom. The topological polar surface area (TPSA) is 290 Å². The van der Waals surface area contributed by atoms with Crippen molar-refractivity contribution in [3.8, 4) is 0 Å². The van der Waals surface area contributed by atoms with Gasteiger partial charge < -0.3 is 59.9 Å². The minimum Gasteiger partial charge on any atom is -0.475 e. The van der Waals surface area contributed by atoms with Gasteiger partial charge in [-0.25, -0.2) is 9.59 Å². The summed E-state index contributed by atoms with van der Waals surface area (Å²) in [5.74, 6) is -1.31. The van der Waals surface area contributed by atoms with Crippen molar-refractivity contribution in [1.82, 2.24) is 20.4 Å². The number of nitrogens with two attached hydrogens (primary N) is 6. The zero-order chi connectivity index (χ0) is 48.8. The van der Waals surface area contributed by atoms with Gasteiger partial charge in [-0.1, -0.05) is 117 Å². The molecule has 0 bridgehead atoms. The Labute approximate surface area is 390 Å². The summed E-state index contributed by atoms with van der Waals surface area (Å²) in [5, 5.41) is 13.6. The van der Waals surface area contributed by atoms with Gasteiger partial charge in [-0.15, -0.1) is 0 Å². The van der Waals surface area contributed by atoms with Crippen molar-refractivity contribution >= 4 is 35.8 Å². The van der Waals surface area contributed by atoms with Crippen LogP contribution in [0.15, 0.2) is 20.0 Å². The van der Waals surface area contributed by atoms with Crippen LogP contribution in [0.25, 0.3) is 0 Å². The second-order valence-corrected chi connectivity index (χ2v) is 16.5. The number of hydrogen-bond donors (Lipinski definition) is 9. The largest absolute Gasteiger partial charge is 0.490 e. The molecular formula is C45H93F3N14O3. The summed E-state index contributed by atoms with van der Waals surface area (Å²) < 4.78 is 31.7. The number of aliphatic imine (C=N–C) groups is 4. The molecule has 0 aliphatic carbocycles. The maximum atomic E-state index is 14.3. The van der Waals surface area contributed by atoms with Crippen molar-refractivity contribution in [3.05, 3.63) is 0 Å². The molecule has 0 saturated carbocycles. The SMILES string of the molecule is CCCN=C(N)NCCCCCCCCN(CCCCCCCCN=C(N)N)C(=O)N(CCCCCCCCN=C(N)N)CCCCCCCCNC(N)=NCCC.O=C(O)C(F)(F)F. The Morgan fingerprint density at radius 1 is 0.446 bits per heavy atom. The summed E-state index contributed by atoms with van der Waals surface area (Å²) in [7, 11) is 0. The van der Waals surface area contributed by atoms with E-state index >= 15 is 0 Å². The van der Waals surface area contributed by atoms with E-state index in [4.69, 9.17) is 44.3 Å². The number of carboxylic acids is 1. The van der Waals surface area contributed by atoms with Gasteiger partial charge in [0.15, 0.2) is 23.8 Å². The van der Waals surface area contributed by atoms with Gasteiger partial charge in [-0.05, 0) is 64.2 Å². The number of nitrogens with one attached hydrogen (secondary N) is 2. The lowest BCUT2D eigenvalue weighted by atomic mass is 10.1. The first kappa shape index (κ1) is 62.7. The third-order valence-electron chi connectivity index (χ3n) is 10.4. The highest BCUT2D eigenvalue weighted by Gasteiger charge is 2.38. The third-order valence-corrected chi connectivity index (χ3v) is 10.4. The van der Waals surface area contributed by atoms with Crippen molar-refractivity contribution in [2.75, 3.05) is 65.4 Å². The van der Waals surface area contributed by atoms with E-state index in [1.54, 1.807) is 0 Å². The number of carbonyl (C=O) groups is 2. The molecule has 65 heavy (non-hydrogen) atoms. The van der Waals surface area contributed by atoms with Crippen LogP contribution in [0.5, 0.6) is 0 Å². The Morgan fingerprint density at radius 3 is 0.969 bits per heavy atom. The van der Waals surface area contributed by atoms with Crippen LogP contribution in [-0.4, -0.2) is 122 Å². The first-order valence-corrected chi connectivity index (χ1v) is 24.7. The number of rotatable bonds is 40. The molecule has 15 N–H and O–H groups in total. The zero-order valence-corrected chi connectivity index (χ0v) is 40.5. The van der Waals surface area contributed by atoms with E-state index in [0.717, 1.165) is 155 Å². The van der Waals surface area contributed by atoms with Crippen LogP contribution in [-0.2, 0) is 4.79 Å². The van der Waals surface area contributed by atoms with Gasteiger partial charge in [0.05, 0.1) is 0 Å². The standard InChI is InChI=1S/C43H92N14O.C2HF3O2/c1-3-29-52-41(48)54-33-23-15-7-11-19-27-37-56(35-25-17-9-5-13-21-31-50-39(44)45)43(58)57(36-26-18-10-6-14-22-32-51-40(46)47)38-28-20-12-8-16-24-34-55-42(49)53-30-4-2;3-2(4,5)1(6)7/h3-38H2,1-2H3,(H4,44,45,50)(H4,46,47,51)(H3,48,52,54)(H3,49,53,55);(H,6,7). The number of hydrogen-bond acceptors (Lipinski definition) is 6. The van der Waals surface area contributed by atoms with Crippen molar-refractivity contribution < 1.29 is 27.9 Å². The molecule has 0 unspecified atom stereocenters. The number of amides is 2. The molecule has 0 radical (unpaired) electrons. The zero-order valence-electron chi connectivity index (χ0n) is 40.5. The molecule has 0 aromatic rings. The second kappa shape index (κ2) is 44.8. The highest BCUT2D eigenvalue weighted by atomic mass is 19.4. The predicted molar refractivity (Wildman–Crippen MR) is 264 cm³/mol. The smallest absolute Gasteiger partial charge is 0.475 e. The van der Waals surface area contributed by atoms with E-state index in [0.29, 0.717) is 25.0 Å². The van der Waals surface area contributed by atoms with Crippen LogP contribution in [0.3, 0.4) is 0 Å². The molecule has 0 aromatic heterocycles. The molecule has 0 spiro atoms. The Kier molecular flexibility index (Phi) is 43.2. The van der Waals surface area contributed by atoms with E-state index < -0.39 is 12.1 Å². The quantitative estimate of drug-likeness (QED) is 0.0173. The van der Waals surface area contributed by atoms with Gasteiger partial charge in [-0.3, -0.25) is 20.0 Å². The van der Waals surface area contributed by atoms with Gasteiger partial charge in [0.25, 0.3) is 0 Å². The van der Waals surface area contributed by atoms with E-state index in [1.807, 2.05) is 0 Å². The molecule has 0 aromatic carbocycles. The van der Waals surface area contributed by atoms with Gasteiger partial charge in [0.2, 0.25) is 0 Å². The second-order valence-electron chi connectivity index (χ2n) is 16.5. The molecule has 20 heteroatoms. The Balaban J connectivity index is 0. The highest BCUT2D eigenvalue weighted by molar-refractivity contribution is 5.78. The van der Waals surface area contributed by atoms with Crippen LogP contribution in [0.4, 0.5) is 18.0 Å². The fraction of sp³-hybridized carbons (Fsp3) is 0.867. The Hall–Kier alpha value is -4.39. The van der Waals surface area contributed by atoms with Crippen molar-refractivity contribution in [2.45, 2.75) is 187 Å². The molecule has 0 rings (SSSR count). The molecule has 0 aliphatic rings. The fourth-order valence-corrected chi connectivity index (χ4v) is 6.74. The number of carbonyl (C=O) groups excluding carboxylic acids is 1. The highest BCUT2D eigenvalue weighted by Crippen LogP contribution is 2.15. The number of urea groups is 1. The summed E-state index contributed by atoms with van der Waals surface area (Å²) >= 11 is 0. The Bertz CT molecular complexity index is 1180. The maximum absolute atomic E-state index is 14.3. The molecule has 0 saturated heterocycles. The lowest BCUT2D eigenvalue weighted by Crippen LogP contribution is -2.45. The first-order chi connectivity index (χ1) is 31.1. The predicted octanol–water partition coefficient (Wildman–Crippen LogP) is 6.88. The van der Waals surface area contributed by atoms with Gasteiger partial charge in [-0.2, -0.15) is 13.2 Å². The average Bonchev–Trinajstić information content (AvgIpc) is 3.25. The van der Waals surface area contributed by atoms with Crippen LogP contribution in [0.2, 0.25) is 0 Å². The summed E-state index contributed by atoms with van der Waals surface area (Å²) in [4.78, 5) is 44.3. The number of unbranched alkanes of at least 4 members (excludes halogenated alkanes) is 20. The van der Waals surface area contributed by atoms with Crippen LogP contribution >= 0.6 is 0 Å². The summed E-state index contributed by atoms with van der Waals surface area (Å²) in [6, 6.07) is 0.233. The first-order valence-electron chi connectivity index (χ1n) is 24.7. The number of nitrogens with zero attached hydrogens (tertiary/aromatic N) is 6. The summed E-state index contributed by atoms with van der Waals surface area (Å²) in [6.07, 6.45) is 23.9. The van der Waals surface area contributed by atoms with Crippen LogP contribution < -0.4 is 45.0 Å². The summed E-state index contributed by atoms with van der Waals surface area (Å²) in [5.41, 5.74) is 33.7. The molecule has 0 fully saturated rings. The number of aliphatic carboxylic acids is 1. The number of guanidine groups is 4. The van der Waals surface area contributed by atoms with Gasteiger partial charge >= 0.3 is 18.2 Å². The molecule has 17 nitrogen and oxygen atoms in total. The van der Waals surface area contributed by atoms with E-state index in [1.165, 1.54) is 64.2 Å². The van der Waals surface area contributed by atoms with Crippen LogP contribution in [0.1, 0.15) is 181 Å². The van der Waals surface area contributed by atoms with Gasteiger partial charge in [0.1, 0.15) is 0 Å². The maximum Gasteiger partial charge on any atom is 0.490 e. The molecular weight excluding hydrogens is 842 g/mol. The number of alkyl halides is 3. The molecule has 2 amide bonds. The fourth-order valence-electron chi connectivity index (χ4n) is 6.74. The van der Waals surface area contributed by atoms with E-state index in [9.17, 15) is 18.0 Å². The van der Waals surface area contributed by atoms with E-state index in [-0.39, 0.29) is 18.0 Å². The van der Waals surface area contributed by atoms with Crippen molar-refractivity contribution in [3.63, 3.8) is 0 Å². The van der Waals surface area contributed by atoms with Crippen LogP contribution in [0, 0.1) is 0 Å². The number of carboxylic acid groups (broad SMARTS) is 1. The third kappa shape index (κ3) is 46.0. The minimum atomic E-state index is -5.08. The monoisotopic (exact) mass is 935 g/mol. The summed E-state index contributed by atoms with van der Waals surface area (Å²) in [6.45, 7) is 12.2. The molecule has 0 atom stereocenters. The van der Waals surface area contributed by atoms with Crippen molar-refractivity contribution in [2.24, 2.45) is 54.4 Å². The normalized spacial score (nSPS) is 11.6. The lowest BCUT2D eigenvalue weighted by Gasteiger charge is -2.31. The van der Waals surface area contributed by atoms with Gasteiger partial charge in [0, 0.05) is 65.4 Å².